The summed E-state index contributed by atoms with van der Waals surface area (Å²) in [5, 5.41) is 0.934. The number of amides is 1. The maximum atomic E-state index is 13.6. The molecule has 0 bridgehead atoms. The third kappa shape index (κ3) is 4.52. The summed E-state index contributed by atoms with van der Waals surface area (Å²) in [7, 11) is 0. The highest BCUT2D eigenvalue weighted by Gasteiger charge is 2.24. The predicted molar refractivity (Wildman–Crippen MR) is 125 cm³/mol. The number of aromatic nitrogens is 3. The maximum absolute atomic E-state index is 13.6. The van der Waals surface area contributed by atoms with Gasteiger partial charge in [-0.3, -0.25) is 14.6 Å². The number of aromatic amines is 1. The van der Waals surface area contributed by atoms with E-state index >= 15 is 0 Å². The Hall–Kier alpha value is -3.88. The van der Waals surface area contributed by atoms with Crippen molar-refractivity contribution < 1.29 is 13.6 Å². The number of halogens is 2. The summed E-state index contributed by atoms with van der Waals surface area (Å²) in [6.07, 6.45) is 1.06. The molecule has 3 heterocycles. The lowest BCUT2D eigenvalue weighted by atomic mass is 10.1. The van der Waals surface area contributed by atoms with Crippen molar-refractivity contribution in [3.8, 4) is 11.3 Å². The van der Waals surface area contributed by atoms with Gasteiger partial charge in [-0.05, 0) is 32.0 Å². The van der Waals surface area contributed by atoms with Crippen molar-refractivity contribution in [2.45, 2.75) is 26.2 Å². The first kappa shape index (κ1) is 22.3. The Bertz CT molecular complexity index is 1410. The third-order valence-electron chi connectivity index (χ3n) is 5.47. The highest BCUT2D eigenvalue weighted by atomic mass is 19.3. The molecule has 3 N–H and O–H groups in total. The quantitative estimate of drug-likeness (QED) is 0.440. The zero-order chi connectivity index (χ0) is 23.8. The molecule has 0 aliphatic heterocycles. The highest BCUT2D eigenvalue weighted by Crippen LogP contribution is 2.32. The summed E-state index contributed by atoms with van der Waals surface area (Å²) in [6.45, 7) is 3.29. The number of para-hydroxylation sites is 1. The van der Waals surface area contributed by atoms with E-state index in [1.807, 2.05) is 37.3 Å². The number of pyridine rings is 3. The molecule has 0 atom stereocenters. The Kier molecular flexibility index (Phi) is 5.80. The number of alkyl halides is 2. The van der Waals surface area contributed by atoms with Crippen LogP contribution < -0.4 is 16.1 Å². The second-order valence-corrected chi connectivity index (χ2v) is 7.95. The van der Waals surface area contributed by atoms with Gasteiger partial charge in [-0.1, -0.05) is 18.2 Å². The van der Waals surface area contributed by atoms with Gasteiger partial charge >= 0.3 is 0 Å². The van der Waals surface area contributed by atoms with Crippen LogP contribution in [0.3, 0.4) is 0 Å². The fourth-order valence-electron chi connectivity index (χ4n) is 3.82. The molecule has 1 aromatic carbocycles. The molecule has 0 saturated carbocycles. The van der Waals surface area contributed by atoms with E-state index in [1.165, 1.54) is 12.3 Å². The Labute approximate surface area is 188 Å². The maximum Gasteiger partial charge on any atom is 0.268 e. The van der Waals surface area contributed by atoms with Crippen molar-refractivity contribution >= 4 is 33.5 Å². The van der Waals surface area contributed by atoms with Crippen LogP contribution >= 0.6 is 0 Å². The molecular formula is C24H23F2N5O2. The average molecular weight is 451 g/mol. The number of benzene rings is 1. The predicted octanol–water partition coefficient (Wildman–Crippen LogP) is 4.11. The molecule has 4 aromatic rings. The van der Waals surface area contributed by atoms with Gasteiger partial charge in [-0.2, -0.15) is 0 Å². The normalized spacial score (nSPS) is 11.8. The fourth-order valence-corrected chi connectivity index (χ4v) is 3.82. The van der Waals surface area contributed by atoms with Gasteiger partial charge in [0.05, 0.1) is 22.1 Å². The van der Waals surface area contributed by atoms with E-state index in [0.29, 0.717) is 34.7 Å². The zero-order valence-corrected chi connectivity index (χ0v) is 18.2. The topological polar surface area (TPSA) is 105 Å². The van der Waals surface area contributed by atoms with Crippen LogP contribution in [0.15, 0.2) is 53.5 Å². The number of carbonyl (C=O) groups is 1. The number of primary amides is 1. The van der Waals surface area contributed by atoms with Crippen molar-refractivity contribution in [2.75, 3.05) is 18.0 Å². The Morgan fingerprint density at radius 1 is 1.21 bits per heavy atom. The van der Waals surface area contributed by atoms with Gasteiger partial charge in [0.15, 0.2) is 5.43 Å². The molecule has 0 unspecified atom stereocenters. The van der Waals surface area contributed by atoms with Crippen molar-refractivity contribution in [2.24, 2.45) is 5.73 Å². The fraction of sp³-hybridized carbons (Fsp3) is 0.250. The van der Waals surface area contributed by atoms with Crippen LogP contribution in [0.2, 0.25) is 0 Å². The van der Waals surface area contributed by atoms with E-state index < -0.39 is 17.3 Å². The number of nitrogens with two attached hydrogens (primary N) is 1. The third-order valence-corrected chi connectivity index (χ3v) is 5.47. The SMILES string of the molecule is CCN(CCC(C)(F)F)c1nc2ccccc2cc1-c1cc(=O)c2c(C(N)=O)nccc2[nH]1. The van der Waals surface area contributed by atoms with Crippen molar-refractivity contribution in [1.29, 1.82) is 0 Å². The molecule has 0 aliphatic rings. The largest absolute Gasteiger partial charge is 0.364 e. The van der Waals surface area contributed by atoms with Gasteiger partial charge in [0, 0.05) is 42.7 Å². The van der Waals surface area contributed by atoms with E-state index in [2.05, 4.69) is 9.97 Å². The number of carbonyl (C=O) groups excluding carboxylic acids is 1. The summed E-state index contributed by atoms with van der Waals surface area (Å²) in [4.78, 5) is 38.3. The number of rotatable bonds is 7. The minimum atomic E-state index is -2.82. The molecule has 3 aromatic heterocycles. The van der Waals surface area contributed by atoms with Crippen LogP contribution in [-0.4, -0.2) is 39.9 Å². The van der Waals surface area contributed by atoms with Gasteiger partial charge in [0.2, 0.25) is 5.92 Å². The number of H-pyrrole nitrogens is 1. The lowest BCUT2D eigenvalue weighted by Crippen LogP contribution is -2.29. The first-order chi connectivity index (χ1) is 15.7. The second-order valence-electron chi connectivity index (χ2n) is 7.95. The molecule has 33 heavy (non-hydrogen) atoms. The van der Waals surface area contributed by atoms with Crippen LogP contribution in [0.4, 0.5) is 14.6 Å². The van der Waals surface area contributed by atoms with Crippen molar-refractivity contribution in [3.05, 3.63) is 64.6 Å². The molecule has 1 amide bonds. The molecule has 0 aliphatic carbocycles. The van der Waals surface area contributed by atoms with Gasteiger partial charge in [0.1, 0.15) is 11.5 Å². The van der Waals surface area contributed by atoms with Crippen molar-refractivity contribution in [3.63, 3.8) is 0 Å². The molecule has 9 heteroatoms. The Morgan fingerprint density at radius 2 is 1.97 bits per heavy atom. The molecule has 0 saturated heterocycles. The number of nitrogens with one attached hydrogen (secondary N) is 1. The summed E-state index contributed by atoms with van der Waals surface area (Å²) in [5.41, 5.74) is 6.98. The summed E-state index contributed by atoms with van der Waals surface area (Å²) in [6, 6.07) is 12.3. The van der Waals surface area contributed by atoms with Crippen LogP contribution in [0, 0.1) is 0 Å². The minimum absolute atomic E-state index is 0.0892. The van der Waals surface area contributed by atoms with Crippen LogP contribution in [-0.2, 0) is 0 Å². The lowest BCUT2D eigenvalue weighted by molar-refractivity contribution is 0.0151. The number of anilines is 1. The standard InChI is InChI=1S/C24H23F2N5O2/c1-3-31(11-9-24(2,25)26)23-15(12-14-6-4-5-7-16(14)30-23)18-13-19(32)20-17(29-18)8-10-28-21(20)22(27)33/h4-8,10,12-13H,3,9,11H2,1-2H3,(H2,27,33)(H,29,32). The highest BCUT2D eigenvalue weighted by molar-refractivity contribution is 6.04. The van der Waals surface area contributed by atoms with Gasteiger partial charge in [-0.25, -0.2) is 13.8 Å². The molecular weight excluding hydrogens is 428 g/mol. The molecule has 0 spiro atoms. The van der Waals surface area contributed by atoms with Crippen molar-refractivity contribution in [1.82, 2.24) is 15.0 Å². The Morgan fingerprint density at radius 3 is 2.67 bits per heavy atom. The molecule has 0 fully saturated rings. The minimum Gasteiger partial charge on any atom is -0.364 e. The summed E-state index contributed by atoms with van der Waals surface area (Å²) >= 11 is 0. The van der Waals surface area contributed by atoms with Crippen LogP contribution in [0.5, 0.6) is 0 Å². The average Bonchev–Trinajstić information content (AvgIpc) is 2.77. The Balaban J connectivity index is 1.94. The number of hydrogen-bond acceptors (Lipinski definition) is 5. The summed E-state index contributed by atoms with van der Waals surface area (Å²) in [5.74, 6) is -3.14. The van der Waals surface area contributed by atoms with Gasteiger partial charge in [-0.15, -0.1) is 0 Å². The van der Waals surface area contributed by atoms with Crippen LogP contribution in [0.25, 0.3) is 33.1 Å². The number of nitrogens with zero attached hydrogens (tertiary/aromatic N) is 3. The molecule has 4 rings (SSSR count). The van der Waals surface area contributed by atoms with E-state index in [9.17, 15) is 18.4 Å². The van der Waals surface area contributed by atoms with Gasteiger partial charge < -0.3 is 15.6 Å². The van der Waals surface area contributed by atoms with Gasteiger partial charge in [0.25, 0.3) is 5.91 Å². The van der Waals surface area contributed by atoms with E-state index in [4.69, 9.17) is 10.7 Å². The smallest absolute Gasteiger partial charge is 0.268 e. The second kappa shape index (κ2) is 8.57. The number of hydrogen-bond donors (Lipinski definition) is 2. The summed E-state index contributed by atoms with van der Waals surface area (Å²) < 4.78 is 27.2. The van der Waals surface area contributed by atoms with E-state index in [-0.39, 0.29) is 24.0 Å². The molecule has 7 nitrogen and oxygen atoms in total. The molecule has 170 valence electrons. The first-order valence-corrected chi connectivity index (χ1v) is 10.5. The zero-order valence-electron chi connectivity index (χ0n) is 18.2. The first-order valence-electron chi connectivity index (χ1n) is 10.5. The lowest BCUT2D eigenvalue weighted by Gasteiger charge is -2.26. The van der Waals surface area contributed by atoms with Crippen LogP contribution in [0.1, 0.15) is 30.8 Å². The molecule has 0 radical (unpaired) electrons. The monoisotopic (exact) mass is 451 g/mol. The van der Waals surface area contributed by atoms with E-state index in [0.717, 1.165) is 12.3 Å². The van der Waals surface area contributed by atoms with E-state index in [1.54, 1.807) is 11.0 Å². The number of fused-ring (bicyclic) bond motifs is 2.